The van der Waals surface area contributed by atoms with Gasteiger partial charge in [0.15, 0.2) is 0 Å². The summed E-state index contributed by atoms with van der Waals surface area (Å²) in [6.45, 7) is 4.25. The molecule has 3 rings (SSSR count). The van der Waals surface area contributed by atoms with Crippen molar-refractivity contribution in [2.24, 2.45) is 0 Å². The van der Waals surface area contributed by atoms with E-state index in [4.69, 9.17) is 5.26 Å². The fourth-order valence-corrected chi connectivity index (χ4v) is 2.57. The maximum Gasteiger partial charge on any atom is 0.248 e. The van der Waals surface area contributed by atoms with Crippen LogP contribution in [-0.4, -0.2) is 26.1 Å². The van der Waals surface area contributed by atoms with E-state index in [-0.39, 0.29) is 12.5 Å². The topological polar surface area (TPSA) is 96.5 Å². The third-order valence-electron chi connectivity index (χ3n) is 4.09. The molecule has 1 amide bonds. The fraction of sp³-hybridized carbons (Fsp3) is 0.250. The number of hydrogen-bond donors (Lipinski definition) is 1. The van der Waals surface area contributed by atoms with Gasteiger partial charge in [0.25, 0.3) is 0 Å². The first kappa shape index (κ1) is 18.3. The van der Waals surface area contributed by atoms with Gasteiger partial charge in [-0.15, -0.1) is 10.2 Å². The molecule has 0 bridgehead atoms. The first-order valence-electron chi connectivity index (χ1n) is 8.69. The maximum absolute atomic E-state index is 12.2. The van der Waals surface area contributed by atoms with Crippen molar-refractivity contribution in [1.29, 1.82) is 5.26 Å². The Hall–Kier alpha value is -3.53. The second-order valence-electron chi connectivity index (χ2n) is 6.50. The highest BCUT2D eigenvalue weighted by Gasteiger charge is 2.10. The number of carbonyl (C=O) groups excluding carboxylic acids is 1. The van der Waals surface area contributed by atoms with Crippen LogP contribution in [0.4, 0.5) is 5.69 Å². The fourth-order valence-electron chi connectivity index (χ4n) is 2.57. The summed E-state index contributed by atoms with van der Waals surface area (Å²) < 4.78 is 0. The lowest BCUT2D eigenvalue weighted by Gasteiger charge is -2.05. The monoisotopic (exact) mass is 360 g/mol. The SMILES string of the molecule is CC(C)c1ccc(-c2nnn(CC(=O)Nc3ccc(CC#N)cc3)n2)cc1. The molecule has 0 saturated heterocycles. The molecule has 2 aromatic carbocycles. The lowest BCUT2D eigenvalue weighted by atomic mass is 10.0. The summed E-state index contributed by atoms with van der Waals surface area (Å²) in [4.78, 5) is 13.4. The maximum atomic E-state index is 12.2. The summed E-state index contributed by atoms with van der Waals surface area (Å²) >= 11 is 0. The second kappa shape index (κ2) is 8.23. The molecule has 1 N–H and O–H groups in total. The number of hydrogen-bond acceptors (Lipinski definition) is 5. The van der Waals surface area contributed by atoms with Crippen LogP contribution in [0.15, 0.2) is 48.5 Å². The minimum absolute atomic E-state index is 0.0307. The zero-order valence-electron chi connectivity index (χ0n) is 15.3. The van der Waals surface area contributed by atoms with Gasteiger partial charge in [-0.05, 0) is 34.4 Å². The molecule has 7 nitrogen and oxygen atoms in total. The van der Waals surface area contributed by atoms with Crippen LogP contribution in [0.2, 0.25) is 0 Å². The van der Waals surface area contributed by atoms with E-state index in [1.807, 2.05) is 36.4 Å². The van der Waals surface area contributed by atoms with Gasteiger partial charge in [-0.2, -0.15) is 10.1 Å². The van der Waals surface area contributed by atoms with Crippen LogP contribution in [0.1, 0.15) is 30.9 Å². The van der Waals surface area contributed by atoms with Crippen molar-refractivity contribution in [2.75, 3.05) is 5.32 Å². The standard InChI is InChI=1S/C20H20N6O/c1-14(2)16-5-7-17(8-6-16)20-23-25-26(24-20)13-19(27)22-18-9-3-15(4-10-18)11-12-21/h3-10,14H,11,13H2,1-2H3,(H,22,27). The summed E-state index contributed by atoms with van der Waals surface area (Å²) in [6.07, 6.45) is 0.345. The van der Waals surface area contributed by atoms with Crippen molar-refractivity contribution in [3.05, 3.63) is 59.7 Å². The molecule has 0 atom stereocenters. The highest BCUT2D eigenvalue weighted by atomic mass is 16.2. The Morgan fingerprint density at radius 1 is 1.15 bits per heavy atom. The highest BCUT2D eigenvalue weighted by molar-refractivity contribution is 5.90. The van der Waals surface area contributed by atoms with E-state index < -0.39 is 0 Å². The Morgan fingerprint density at radius 2 is 1.85 bits per heavy atom. The van der Waals surface area contributed by atoms with E-state index >= 15 is 0 Å². The van der Waals surface area contributed by atoms with Crippen molar-refractivity contribution < 1.29 is 4.79 Å². The van der Waals surface area contributed by atoms with Crippen molar-refractivity contribution >= 4 is 11.6 Å². The van der Waals surface area contributed by atoms with E-state index in [9.17, 15) is 4.79 Å². The number of nitriles is 1. The predicted octanol–water partition coefficient (Wildman–Crippen LogP) is 3.17. The Morgan fingerprint density at radius 3 is 2.48 bits per heavy atom. The number of nitrogens with zero attached hydrogens (tertiary/aromatic N) is 5. The van der Waals surface area contributed by atoms with Crippen molar-refractivity contribution in [1.82, 2.24) is 20.2 Å². The summed E-state index contributed by atoms with van der Waals surface area (Å²) in [7, 11) is 0. The number of anilines is 1. The molecule has 0 aliphatic rings. The lowest BCUT2D eigenvalue weighted by molar-refractivity contribution is -0.117. The van der Waals surface area contributed by atoms with Gasteiger partial charge in [-0.3, -0.25) is 4.79 Å². The summed E-state index contributed by atoms with van der Waals surface area (Å²) in [6, 6.07) is 17.2. The van der Waals surface area contributed by atoms with Crippen LogP contribution in [0.25, 0.3) is 11.4 Å². The van der Waals surface area contributed by atoms with Crippen LogP contribution in [0.3, 0.4) is 0 Å². The molecule has 0 radical (unpaired) electrons. The molecule has 136 valence electrons. The Bertz CT molecular complexity index is 951. The molecule has 27 heavy (non-hydrogen) atoms. The molecule has 1 heterocycles. The number of amides is 1. The third kappa shape index (κ3) is 4.76. The third-order valence-corrected chi connectivity index (χ3v) is 4.09. The first-order valence-corrected chi connectivity index (χ1v) is 8.69. The molecule has 0 fully saturated rings. The lowest BCUT2D eigenvalue weighted by Crippen LogP contribution is -2.20. The molecular formula is C20H20N6O. The number of tetrazole rings is 1. The van der Waals surface area contributed by atoms with Gasteiger partial charge >= 0.3 is 0 Å². The number of carbonyl (C=O) groups is 1. The average Bonchev–Trinajstić information content (AvgIpc) is 3.12. The van der Waals surface area contributed by atoms with E-state index in [1.54, 1.807) is 12.1 Å². The highest BCUT2D eigenvalue weighted by Crippen LogP contribution is 2.19. The molecule has 0 unspecified atom stereocenters. The van der Waals surface area contributed by atoms with Crippen LogP contribution >= 0.6 is 0 Å². The van der Waals surface area contributed by atoms with Gasteiger partial charge in [-0.1, -0.05) is 50.2 Å². The van der Waals surface area contributed by atoms with Crippen molar-refractivity contribution in [3.8, 4) is 17.5 Å². The minimum Gasteiger partial charge on any atom is -0.324 e. The first-order chi connectivity index (χ1) is 13.0. The average molecular weight is 360 g/mol. The molecule has 0 saturated carbocycles. The van der Waals surface area contributed by atoms with Gasteiger partial charge in [0.1, 0.15) is 6.54 Å². The second-order valence-corrected chi connectivity index (χ2v) is 6.50. The number of aromatic nitrogens is 4. The minimum atomic E-state index is -0.248. The summed E-state index contributed by atoms with van der Waals surface area (Å²) in [5, 5.41) is 23.7. The molecule has 7 heteroatoms. The summed E-state index contributed by atoms with van der Waals surface area (Å²) in [5.74, 6) is 0.696. The largest absolute Gasteiger partial charge is 0.324 e. The van der Waals surface area contributed by atoms with Crippen LogP contribution in [0.5, 0.6) is 0 Å². The van der Waals surface area contributed by atoms with E-state index in [1.165, 1.54) is 10.4 Å². The van der Waals surface area contributed by atoms with Gasteiger partial charge < -0.3 is 5.32 Å². The number of benzene rings is 2. The smallest absolute Gasteiger partial charge is 0.248 e. The predicted molar refractivity (Wildman–Crippen MR) is 102 cm³/mol. The van der Waals surface area contributed by atoms with Gasteiger partial charge in [0, 0.05) is 11.3 Å². The molecular weight excluding hydrogens is 340 g/mol. The quantitative estimate of drug-likeness (QED) is 0.728. The van der Waals surface area contributed by atoms with Crippen molar-refractivity contribution in [3.63, 3.8) is 0 Å². The van der Waals surface area contributed by atoms with Crippen LogP contribution in [-0.2, 0) is 17.8 Å². The van der Waals surface area contributed by atoms with Crippen LogP contribution in [0, 0.1) is 11.3 Å². The van der Waals surface area contributed by atoms with Gasteiger partial charge in [0.2, 0.25) is 11.7 Å². The molecule has 0 aliphatic carbocycles. The Balaban J connectivity index is 1.61. The number of rotatable bonds is 6. The van der Waals surface area contributed by atoms with Crippen LogP contribution < -0.4 is 5.32 Å². The van der Waals surface area contributed by atoms with E-state index in [0.717, 1.165) is 11.1 Å². The van der Waals surface area contributed by atoms with E-state index in [0.29, 0.717) is 23.9 Å². The normalized spacial score (nSPS) is 10.6. The zero-order chi connectivity index (χ0) is 19.2. The number of nitrogens with one attached hydrogen (secondary N) is 1. The summed E-state index contributed by atoms with van der Waals surface area (Å²) in [5.41, 5.74) is 3.67. The van der Waals surface area contributed by atoms with E-state index in [2.05, 4.69) is 40.6 Å². The molecule has 0 aliphatic heterocycles. The Labute approximate surface area is 157 Å². The molecule has 1 aromatic heterocycles. The molecule has 3 aromatic rings. The van der Waals surface area contributed by atoms with Crippen molar-refractivity contribution in [2.45, 2.75) is 32.7 Å². The van der Waals surface area contributed by atoms with Gasteiger partial charge in [0.05, 0.1) is 12.5 Å². The Kier molecular flexibility index (Phi) is 5.57. The molecule has 0 spiro atoms. The van der Waals surface area contributed by atoms with Gasteiger partial charge in [-0.25, -0.2) is 0 Å². The zero-order valence-corrected chi connectivity index (χ0v) is 15.3.